The summed E-state index contributed by atoms with van der Waals surface area (Å²) in [6.07, 6.45) is 0.343. The van der Waals surface area contributed by atoms with Gasteiger partial charge in [0.15, 0.2) is 6.10 Å². The van der Waals surface area contributed by atoms with Gasteiger partial charge in [0.1, 0.15) is 5.75 Å². The van der Waals surface area contributed by atoms with Crippen molar-refractivity contribution in [3.8, 4) is 5.75 Å². The first-order valence-electron chi connectivity index (χ1n) is 9.62. The number of aryl methyl sites for hydroxylation is 1. The molecule has 2 N–H and O–H groups in total. The van der Waals surface area contributed by atoms with Gasteiger partial charge in [0.2, 0.25) is 5.91 Å². The number of benzene rings is 2. The fourth-order valence-electron chi connectivity index (χ4n) is 3.34. The number of fused-ring (bicyclic) bond motifs is 1. The van der Waals surface area contributed by atoms with Crippen LogP contribution in [0.4, 0.5) is 5.69 Å². The highest BCUT2D eigenvalue weighted by Crippen LogP contribution is 2.32. The van der Waals surface area contributed by atoms with Crippen molar-refractivity contribution in [2.24, 2.45) is 0 Å². The Balaban J connectivity index is 1.68. The van der Waals surface area contributed by atoms with Gasteiger partial charge in [-0.25, -0.2) is 0 Å². The van der Waals surface area contributed by atoms with Crippen LogP contribution in [0.5, 0.6) is 5.75 Å². The van der Waals surface area contributed by atoms with E-state index in [0.717, 1.165) is 17.7 Å². The largest absolute Gasteiger partial charge is 0.477 e. The molecular formula is C22H27N3O3. The highest BCUT2D eigenvalue weighted by Gasteiger charge is 2.31. The predicted molar refractivity (Wildman–Crippen MR) is 110 cm³/mol. The Morgan fingerprint density at radius 1 is 1.18 bits per heavy atom. The molecule has 1 aliphatic heterocycles. The van der Waals surface area contributed by atoms with Crippen molar-refractivity contribution in [3.05, 3.63) is 59.7 Å². The highest BCUT2D eigenvalue weighted by atomic mass is 16.5. The SMILES string of the molecule is CCc1ccc([C@H](C)NC(=O)CN2C[C@H](C(=O)NC)Oc3ccccc32)cc1. The Bertz CT molecular complexity index is 835. The van der Waals surface area contributed by atoms with Gasteiger partial charge in [0.05, 0.1) is 24.8 Å². The van der Waals surface area contributed by atoms with Crippen molar-refractivity contribution in [1.29, 1.82) is 0 Å². The summed E-state index contributed by atoms with van der Waals surface area (Å²) in [5, 5.41) is 5.66. The van der Waals surface area contributed by atoms with Crippen LogP contribution < -0.4 is 20.3 Å². The summed E-state index contributed by atoms with van der Waals surface area (Å²) in [4.78, 5) is 26.6. The summed E-state index contributed by atoms with van der Waals surface area (Å²) < 4.78 is 5.78. The van der Waals surface area contributed by atoms with Crippen molar-refractivity contribution in [2.75, 3.05) is 25.0 Å². The molecule has 1 heterocycles. The first kappa shape index (κ1) is 19.7. The van der Waals surface area contributed by atoms with Crippen LogP contribution in [0.1, 0.15) is 31.0 Å². The van der Waals surface area contributed by atoms with E-state index in [1.807, 2.05) is 36.1 Å². The molecule has 2 aromatic rings. The normalized spacial score (nSPS) is 16.5. The summed E-state index contributed by atoms with van der Waals surface area (Å²) in [6.45, 7) is 4.57. The van der Waals surface area contributed by atoms with Crippen LogP contribution in [0.15, 0.2) is 48.5 Å². The molecule has 0 radical (unpaired) electrons. The monoisotopic (exact) mass is 381 g/mol. The van der Waals surface area contributed by atoms with Crippen LogP contribution in [-0.2, 0) is 16.0 Å². The van der Waals surface area contributed by atoms with Gasteiger partial charge in [-0.3, -0.25) is 9.59 Å². The highest BCUT2D eigenvalue weighted by molar-refractivity contribution is 5.86. The lowest BCUT2D eigenvalue weighted by Crippen LogP contribution is -2.50. The lowest BCUT2D eigenvalue weighted by molar-refractivity contribution is -0.127. The Morgan fingerprint density at radius 3 is 2.57 bits per heavy atom. The molecule has 6 heteroatoms. The number of hydrogen-bond acceptors (Lipinski definition) is 4. The molecule has 0 saturated heterocycles. The molecular weight excluding hydrogens is 354 g/mol. The van der Waals surface area contributed by atoms with Gasteiger partial charge < -0.3 is 20.3 Å². The third-order valence-corrected chi connectivity index (χ3v) is 5.00. The first-order chi connectivity index (χ1) is 13.5. The van der Waals surface area contributed by atoms with E-state index in [0.29, 0.717) is 12.3 Å². The van der Waals surface area contributed by atoms with Gasteiger partial charge in [-0.1, -0.05) is 43.3 Å². The molecule has 3 rings (SSSR count). The Kier molecular flexibility index (Phi) is 6.19. The van der Waals surface area contributed by atoms with Crippen LogP contribution >= 0.6 is 0 Å². The summed E-state index contributed by atoms with van der Waals surface area (Å²) in [5.41, 5.74) is 3.15. The van der Waals surface area contributed by atoms with Crippen LogP contribution in [-0.4, -0.2) is 38.1 Å². The average Bonchev–Trinajstić information content (AvgIpc) is 2.73. The number of nitrogens with zero attached hydrogens (tertiary/aromatic N) is 1. The van der Waals surface area contributed by atoms with Gasteiger partial charge in [0, 0.05) is 7.05 Å². The van der Waals surface area contributed by atoms with E-state index in [1.165, 1.54) is 5.56 Å². The molecule has 6 nitrogen and oxygen atoms in total. The van der Waals surface area contributed by atoms with E-state index in [2.05, 4.69) is 41.8 Å². The minimum Gasteiger partial charge on any atom is -0.477 e. The van der Waals surface area contributed by atoms with Crippen LogP contribution in [0.3, 0.4) is 0 Å². The topological polar surface area (TPSA) is 70.7 Å². The Morgan fingerprint density at radius 2 is 1.89 bits per heavy atom. The second-order valence-electron chi connectivity index (χ2n) is 6.95. The van der Waals surface area contributed by atoms with Crippen molar-refractivity contribution >= 4 is 17.5 Å². The number of amides is 2. The zero-order valence-corrected chi connectivity index (χ0v) is 16.6. The van der Waals surface area contributed by atoms with E-state index < -0.39 is 6.10 Å². The van der Waals surface area contributed by atoms with Crippen LogP contribution in [0.25, 0.3) is 0 Å². The van der Waals surface area contributed by atoms with Gasteiger partial charge >= 0.3 is 0 Å². The third kappa shape index (κ3) is 4.44. The second-order valence-corrected chi connectivity index (χ2v) is 6.95. The number of anilines is 1. The van der Waals surface area contributed by atoms with Crippen LogP contribution in [0.2, 0.25) is 0 Å². The molecule has 0 saturated carbocycles. The molecule has 0 spiro atoms. The number of para-hydroxylation sites is 2. The quantitative estimate of drug-likeness (QED) is 0.806. The minimum absolute atomic E-state index is 0.0931. The molecule has 0 unspecified atom stereocenters. The fraction of sp³-hybridized carbons (Fsp3) is 0.364. The molecule has 2 atom stereocenters. The molecule has 1 aliphatic rings. The van der Waals surface area contributed by atoms with E-state index in [9.17, 15) is 9.59 Å². The lowest BCUT2D eigenvalue weighted by atomic mass is 10.0. The number of likely N-dealkylation sites (N-methyl/N-ethyl adjacent to an activating group) is 1. The average molecular weight is 381 g/mol. The van der Waals surface area contributed by atoms with Gasteiger partial charge in [-0.05, 0) is 36.6 Å². The summed E-state index contributed by atoms with van der Waals surface area (Å²) in [6, 6.07) is 15.6. The second kappa shape index (κ2) is 8.78. The molecule has 2 aromatic carbocycles. The number of rotatable bonds is 6. The van der Waals surface area contributed by atoms with Gasteiger partial charge in [-0.2, -0.15) is 0 Å². The van der Waals surface area contributed by atoms with E-state index in [4.69, 9.17) is 4.74 Å². The Hall–Kier alpha value is -3.02. The molecule has 28 heavy (non-hydrogen) atoms. The predicted octanol–water partition coefficient (Wildman–Crippen LogP) is 2.44. The molecule has 0 aliphatic carbocycles. The summed E-state index contributed by atoms with van der Waals surface area (Å²) >= 11 is 0. The zero-order valence-electron chi connectivity index (χ0n) is 16.6. The molecule has 0 aromatic heterocycles. The summed E-state index contributed by atoms with van der Waals surface area (Å²) in [7, 11) is 1.58. The number of carbonyl (C=O) groups is 2. The van der Waals surface area contributed by atoms with Crippen LogP contribution in [0, 0.1) is 0 Å². The summed E-state index contributed by atoms with van der Waals surface area (Å²) in [5.74, 6) is 0.307. The van der Waals surface area contributed by atoms with Crippen molar-refractivity contribution in [3.63, 3.8) is 0 Å². The maximum atomic E-state index is 12.7. The van der Waals surface area contributed by atoms with E-state index in [1.54, 1.807) is 7.05 Å². The maximum Gasteiger partial charge on any atom is 0.262 e. The van der Waals surface area contributed by atoms with Crippen molar-refractivity contribution in [2.45, 2.75) is 32.4 Å². The van der Waals surface area contributed by atoms with E-state index >= 15 is 0 Å². The molecule has 0 fully saturated rings. The molecule has 2 amide bonds. The number of ether oxygens (including phenoxy) is 1. The van der Waals surface area contributed by atoms with Gasteiger partial charge in [-0.15, -0.1) is 0 Å². The minimum atomic E-state index is -0.647. The first-order valence-corrected chi connectivity index (χ1v) is 9.62. The standard InChI is InChI=1S/C22H27N3O3/c1-4-16-9-11-17(12-10-16)15(2)24-21(26)14-25-13-20(22(27)23-3)28-19-8-6-5-7-18(19)25/h5-12,15,20H,4,13-14H2,1-3H3,(H,23,27)(H,24,26)/t15-,20+/m0/s1. The Labute approximate surface area is 165 Å². The zero-order chi connectivity index (χ0) is 20.1. The number of hydrogen-bond donors (Lipinski definition) is 2. The smallest absolute Gasteiger partial charge is 0.262 e. The number of carbonyl (C=O) groups excluding carboxylic acids is 2. The molecule has 148 valence electrons. The molecule has 0 bridgehead atoms. The van der Waals surface area contributed by atoms with E-state index in [-0.39, 0.29) is 24.4 Å². The van der Waals surface area contributed by atoms with Gasteiger partial charge in [0.25, 0.3) is 5.91 Å². The van der Waals surface area contributed by atoms with Crippen molar-refractivity contribution in [1.82, 2.24) is 10.6 Å². The number of nitrogens with one attached hydrogen (secondary N) is 2. The maximum absolute atomic E-state index is 12.7. The van der Waals surface area contributed by atoms with Crippen molar-refractivity contribution < 1.29 is 14.3 Å². The fourth-order valence-corrected chi connectivity index (χ4v) is 3.34. The third-order valence-electron chi connectivity index (χ3n) is 5.00. The lowest BCUT2D eigenvalue weighted by Gasteiger charge is -2.35.